The number of anilines is 1. The summed E-state index contributed by atoms with van der Waals surface area (Å²) in [5, 5.41) is 9.99. The maximum absolute atomic E-state index is 13.3. The van der Waals surface area contributed by atoms with Crippen molar-refractivity contribution in [3.63, 3.8) is 0 Å². The normalized spacial score (nSPS) is 20.2. The number of likely N-dealkylation sites (tertiary alicyclic amines) is 1. The van der Waals surface area contributed by atoms with Crippen LogP contribution in [0.25, 0.3) is 16.6 Å². The van der Waals surface area contributed by atoms with E-state index >= 15 is 0 Å². The molecule has 4 aromatic rings. The molecule has 4 heterocycles. The Balaban J connectivity index is 1.18. The van der Waals surface area contributed by atoms with Crippen LogP contribution in [0.1, 0.15) is 10.4 Å². The lowest BCUT2D eigenvalue weighted by Crippen LogP contribution is -2.34. The molecule has 2 aliphatic heterocycles. The van der Waals surface area contributed by atoms with Crippen molar-refractivity contribution in [3.8, 4) is 5.69 Å². The van der Waals surface area contributed by atoms with Crippen molar-refractivity contribution in [1.29, 1.82) is 0 Å². The maximum Gasteiger partial charge on any atom is 0.256 e. The molecule has 0 bridgehead atoms. The lowest BCUT2D eigenvalue weighted by molar-refractivity contribution is 0.0782. The second-order valence-corrected chi connectivity index (χ2v) is 8.78. The third kappa shape index (κ3) is 3.27. The summed E-state index contributed by atoms with van der Waals surface area (Å²) in [4.78, 5) is 28.3. The van der Waals surface area contributed by atoms with E-state index in [2.05, 4.69) is 20.1 Å². The first-order valence-electron chi connectivity index (χ1n) is 10.6. The molecule has 2 aromatic heterocycles. The fourth-order valence-electron chi connectivity index (χ4n) is 4.81. The zero-order valence-electron chi connectivity index (χ0n) is 17.2. The van der Waals surface area contributed by atoms with Crippen LogP contribution in [-0.4, -0.2) is 61.9 Å². The molecule has 9 heteroatoms. The largest absolute Gasteiger partial charge is 0.340 e. The summed E-state index contributed by atoms with van der Waals surface area (Å²) in [5.74, 6) is 1.57. The Kier molecular flexibility index (Phi) is 4.53. The van der Waals surface area contributed by atoms with E-state index in [-0.39, 0.29) is 5.91 Å². The van der Waals surface area contributed by atoms with Gasteiger partial charge in [0.1, 0.15) is 0 Å². The number of rotatable bonds is 3. The minimum Gasteiger partial charge on any atom is -0.340 e. The molecular formula is C23H20ClN7O. The highest BCUT2D eigenvalue weighted by atomic mass is 35.5. The maximum atomic E-state index is 13.3. The van der Waals surface area contributed by atoms with Crippen LogP contribution in [0.2, 0.25) is 5.02 Å². The number of amides is 1. The van der Waals surface area contributed by atoms with Crippen LogP contribution in [0.4, 0.5) is 5.95 Å². The van der Waals surface area contributed by atoms with Crippen molar-refractivity contribution in [3.05, 3.63) is 71.6 Å². The van der Waals surface area contributed by atoms with Crippen LogP contribution >= 0.6 is 11.6 Å². The third-order valence-electron chi connectivity index (χ3n) is 6.35. The van der Waals surface area contributed by atoms with Crippen molar-refractivity contribution in [2.24, 2.45) is 11.8 Å². The van der Waals surface area contributed by atoms with Crippen molar-refractivity contribution >= 4 is 34.4 Å². The minimum absolute atomic E-state index is 0.0256. The van der Waals surface area contributed by atoms with E-state index < -0.39 is 0 Å². The summed E-state index contributed by atoms with van der Waals surface area (Å²) in [5.41, 5.74) is 2.21. The monoisotopic (exact) mass is 445 g/mol. The van der Waals surface area contributed by atoms with Gasteiger partial charge in [0.2, 0.25) is 5.95 Å². The Bertz CT molecular complexity index is 1290. The molecule has 160 valence electrons. The third-order valence-corrected chi connectivity index (χ3v) is 6.59. The smallest absolute Gasteiger partial charge is 0.256 e. The molecule has 2 unspecified atom stereocenters. The van der Waals surface area contributed by atoms with Crippen molar-refractivity contribution in [1.82, 2.24) is 29.9 Å². The molecule has 2 saturated heterocycles. The number of hydrogen-bond donors (Lipinski definition) is 0. The van der Waals surface area contributed by atoms with Gasteiger partial charge in [-0.15, -0.1) is 0 Å². The lowest BCUT2D eigenvalue weighted by Gasteiger charge is -2.22. The van der Waals surface area contributed by atoms with Crippen LogP contribution in [0.3, 0.4) is 0 Å². The zero-order chi connectivity index (χ0) is 21.7. The van der Waals surface area contributed by atoms with Crippen molar-refractivity contribution in [2.75, 3.05) is 31.1 Å². The summed E-state index contributed by atoms with van der Waals surface area (Å²) in [7, 11) is 0. The predicted octanol–water partition coefficient (Wildman–Crippen LogP) is 3.07. The highest BCUT2D eigenvalue weighted by Gasteiger charge is 2.42. The molecule has 2 aromatic carbocycles. The molecule has 0 aliphatic carbocycles. The van der Waals surface area contributed by atoms with Crippen LogP contribution in [0, 0.1) is 11.8 Å². The number of fused-ring (bicyclic) bond motifs is 2. The summed E-state index contributed by atoms with van der Waals surface area (Å²) in [6, 6.07) is 13.1. The first-order valence-corrected chi connectivity index (χ1v) is 11.0. The molecule has 2 aliphatic rings. The molecule has 2 fully saturated rings. The van der Waals surface area contributed by atoms with E-state index in [4.69, 9.17) is 16.6 Å². The number of carbonyl (C=O) groups is 1. The van der Waals surface area contributed by atoms with Gasteiger partial charge in [-0.25, -0.2) is 9.97 Å². The van der Waals surface area contributed by atoms with E-state index in [0.717, 1.165) is 43.0 Å². The average Bonchev–Trinajstić information content (AvgIpc) is 3.55. The van der Waals surface area contributed by atoms with E-state index in [9.17, 15) is 4.79 Å². The van der Waals surface area contributed by atoms with Gasteiger partial charge in [-0.05, 0) is 30.3 Å². The Labute approximate surface area is 189 Å². The van der Waals surface area contributed by atoms with Gasteiger partial charge >= 0.3 is 0 Å². The average molecular weight is 446 g/mol. The SMILES string of the molecule is O=C(c1ccccc1-n1nccn1)N1CC2CN(c3ncc4cc(Cl)ccc4n3)CC2C1. The van der Waals surface area contributed by atoms with Crippen molar-refractivity contribution < 1.29 is 4.79 Å². The number of benzene rings is 2. The van der Waals surface area contributed by atoms with Gasteiger partial charge in [-0.2, -0.15) is 15.0 Å². The topological polar surface area (TPSA) is 80.0 Å². The molecule has 2 atom stereocenters. The van der Waals surface area contributed by atoms with Gasteiger partial charge in [-0.3, -0.25) is 4.79 Å². The number of nitrogens with zero attached hydrogens (tertiary/aromatic N) is 7. The standard InChI is InChI=1S/C23H20ClN7O/c24-18-5-6-20-15(9-18)10-25-23(28-20)30-13-16-11-29(12-17(16)14-30)22(32)19-3-1-2-4-21(19)31-26-7-8-27-31/h1-10,16-17H,11-14H2. The highest BCUT2D eigenvalue weighted by Crippen LogP contribution is 2.34. The summed E-state index contributed by atoms with van der Waals surface area (Å²) >= 11 is 6.07. The number of aromatic nitrogens is 5. The van der Waals surface area contributed by atoms with Gasteiger partial charge in [0.25, 0.3) is 5.91 Å². The Hall–Kier alpha value is -3.52. The molecule has 0 saturated carbocycles. The second kappa shape index (κ2) is 7.56. The van der Waals surface area contributed by atoms with E-state index in [0.29, 0.717) is 28.1 Å². The van der Waals surface area contributed by atoms with Gasteiger partial charge in [0, 0.05) is 54.6 Å². The summed E-state index contributed by atoms with van der Waals surface area (Å²) in [6.07, 6.45) is 5.05. The fraction of sp³-hybridized carbons (Fsp3) is 0.261. The van der Waals surface area contributed by atoms with Crippen LogP contribution in [0.5, 0.6) is 0 Å². The van der Waals surface area contributed by atoms with E-state index in [1.165, 1.54) is 4.80 Å². The van der Waals surface area contributed by atoms with Crippen LogP contribution in [-0.2, 0) is 0 Å². The quantitative estimate of drug-likeness (QED) is 0.482. The number of halogens is 1. The first-order chi connectivity index (χ1) is 15.7. The van der Waals surface area contributed by atoms with E-state index in [1.807, 2.05) is 53.6 Å². The number of carbonyl (C=O) groups excluding carboxylic acids is 1. The van der Waals surface area contributed by atoms with Gasteiger partial charge in [0.05, 0.1) is 29.2 Å². The molecule has 0 radical (unpaired) electrons. The molecule has 0 spiro atoms. The first kappa shape index (κ1) is 19.2. The van der Waals surface area contributed by atoms with Crippen LogP contribution < -0.4 is 4.90 Å². The van der Waals surface area contributed by atoms with Gasteiger partial charge in [-0.1, -0.05) is 23.7 Å². The molecule has 6 rings (SSSR count). The predicted molar refractivity (Wildman–Crippen MR) is 121 cm³/mol. The Morgan fingerprint density at radius 1 is 0.969 bits per heavy atom. The Morgan fingerprint density at radius 2 is 1.72 bits per heavy atom. The van der Waals surface area contributed by atoms with Crippen LogP contribution in [0.15, 0.2) is 61.1 Å². The second-order valence-electron chi connectivity index (χ2n) is 8.34. The number of para-hydroxylation sites is 1. The summed E-state index contributed by atoms with van der Waals surface area (Å²) in [6.45, 7) is 3.14. The lowest BCUT2D eigenvalue weighted by atomic mass is 10.0. The van der Waals surface area contributed by atoms with E-state index in [1.54, 1.807) is 12.4 Å². The highest BCUT2D eigenvalue weighted by molar-refractivity contribution is 6.31. The summed E-state index contributed by atoms with van der Waals surface area (Å²) < 4.78 is 0. The molecular weight excluding hydrogens is 426 g/mol. The molecule has 8 nitrogen and oxygen atoms in total. The Morgan fingerprint density at radius 3 is 2.50 bits per heavy atom. The minimum atomic E-state index is 0.0256. The molecule has 32 heavy (non-hydrogen) atoms. The number of hydrogen-bond acceptors (Lipinski definition) is 6. The fourth-order valence-corrected chi connectivity index (χ4v) is 4.99. The molecule has 1 amide bonds. The zero-order valence-corrected chi connectivity index (χ0v) is 17.9. The van der Waals surface area contributed by atoms with Crippen molar-refractivity contribution in [2.45, 2.75) is 0 Å². The molecule has 0 N–H and O–H groups in total. The van der Waals surface area contributed by atoms with Gasteiger partial charge < -0.3 is 9.80 Å². The van der Waals surface area contributed by atoms with Gasteiger partial charge in [0.15, 0.2) is 0 Å².